The monoisotopic (exact) mass is 466 g/mol. The van der Waals surface area contributed by atoms with Gasteiger partial charge in [-0.05, 0) is 42.5 Å². The summed E-state index contributed by atoms with van der Waals surface area (Å²) in [4.78, 5) is 36.2. The summed E-state index contributed by atoms with van der Waals surface area (Å²) in [5.74, 6) is -1.29. The quantitative estimate of drug-likeness (QED) is 0.439. The van der Waals surface area contributed by atoms with Gasteiger partial charge in [0.25, 0.3) is 0 Å². The third-order valence-electron chi connectivity index (χ3n) is 6.08. The number of hydrogen-bond donors (Lipinski definition) is 3. The Kier molecular flexibility index (Phi) is 8.31. The van der Waals surface area contributed by atoms with E-state index in [4.69, 9.17) is 9.84 Å². The zero-order chi connectivity index (χ0) is 24.7. The maximum absolute atomic E-state index is 12.6. The second-order valence-electron chi connectivity index (χ2n) is 9.52. The zero-order valence-electron chi connectivity index (χ0n) is 20.1. The van der Waals surface area contributed by atoms with Crippen LogP contribution in [0.25, 0.3) is 11.1 Å². The largest absolute Gasteiger partial charge is 0.481 e. The molecule has 34 heavy (non-hydrogen) atoms. The molecule has 2 amide bonds. The SMILES string of the molecule is CCCC[C@H](CC(=O)O)NC(=O)CC(C)(C)NC(=O)OCC1c2ccccc2-c2ccccc21. The zero-order valence-corrected chi connectivity index (χ0v) is 20.1. The van der Waals surface area contributed by atoms with Crippen LogP contribution in [-0.4, -0.2) is 41.3 Å². The number of hydrogen-bond acceptors (Lipinski definition) is 4. The molecule has 0 saturated heterocycles. The summed E-state index contributed by atoms with van der Waals surface area (Å²) in [5.41, 5.74) is 3.72. The van der Waals surface area contributed by atoms with Crippen molar-refractivity contribution in [3.63, 3.8) is 0 Å². The molecule has 2 aromatic rings. The number of aliphatic carboxylic acids is 1. The molecule has 2 aromatic carbocycles. The van der Waals surface area contributed by atoms with Crippen molar-refractivity contribution < 1.29 is 24.2 Å². The minimum absolute atomic E-state index is 0.0133. The molecule has 0 aliphatic heterocycles. The Morgan fingerprint density at radius 2 is 1.62 bits per heavy atom. The van der Waals surface area contributed by atoms with Crippen molar-refractivity contribution in [2.24, 2.45) is 0 Å². The summed E-state index contributed by atoms with van der Waals surface area (Å²) >= 11 is 0. The first-order valence-corrected chi connectivity index (χ1v) is 11.8. The van der Waals surface area contributed by atoms with Crippen molar-refractivity contribution in [3.8, 4) is 11.1 Å². The van der Waals surface area contributed by atoms with E-state index in [2.05, 4.69) is 34.9 Å². The molecule has 1 aliphatic rings. The lowest BCUT2D eigenvalue weighted by atomic mass is 9.98. The van der Waals surface area contributed by atoms with Gasteiger partial charge < -0.3 is 20.5 Å². The normalized spacial score (nSPS) is 13.5. The molecule has 3 N–H and O–H groups in total. The van der Waals surface area contributed by atoms with Crippen LogP contribution in [0.2, 0.25) is 0 Å². The van der Waals surface area contributed by atoms with E-state index in [-0.39, 0.29) is 31.3 Å². The number of nitrogens with one attached hydrogen (secondary N) is 2. The van der Waals surface area contributed by atoms with Crippen LogP contribution in [0.4, 0.5) is 4.79 Å². The fourth-order valence-corrected chi connectivity index (χ4v) is 4.52. The fourth-order valence-electron chi connectivity index (χ4n) is 4.52. The first kappa shape index (κ1) is 25.3. The minimum Gasteiger partial charge on any atom is -0.481 e. The molecule has 1 atom stereocenters. The summed E-state index contributed by atoms with van der Waals surface area (Å²) in [6.45, 7) is 5.69. The van der Waals surface area contributed by atoms with Gasteiger partial charge in [0.05, 0.1) is 6.42 Å². The number of carboxylic acid groups (broad SMARTS) is 1. The molecule has 0 aromatic heterocycles. The van der Waals surface area contributed by atoms with Crippen LogP contribution in [-0.2, 0) is 14.3 Å². The van der Waals surface area contributed by atoms with E-state index in [0.717, 1.165) is 35.1 Å². The van der Waals surface area contributed by atoms with Crippen LogP contribution in [0.1, 0.15) is 69.9 Å². The number of carbonyl (C=O) groups is 3. The van der Waals surface area contributed by atoms with E-state index in [9.17, 15) is 14.4 Å². The summed E-state index contributed by atoms with van der Waals surface area (Å²) < 4.78 is 5.58. The number of rotatable bonds is 11. The first-order chi connectivity index (χ1) is 16.2. The molecule has 0 radical (unpaired) electrons. The van der Waals surface area contributed by atoms with E-state index in [0.29, 0.717) is 6.42 Å². The van der Waals surface area contributed by atoms with Gasteiger partial charge in [0.2, 0.25) is 5.91 Å². The van der Waals surface area contributed by atoms with E-state index >= 15 is 0 Å². The molecule has 0 fully saturated rings. The number of ether oxygens (including phenoxy) is 1. The number of alkyl carbamates (subject to hydrolysis) is 1. The molecule has 3 rings (SSSR count). The molecule has 0 heterocycles. The van der Waals surface area contributed by atoms with Crippen molar-refractivity contribution in [3.05, 3.63) is 59.7 Å². The molecular formula is C27H34N2O5. The predicted octanol–water partition coefficient (Wildman–Crippen LogP) is 4.84. The maximum atomic E-state index is 12.6. The van der Waals surface area contributed by atoms with Crippen LogP contribution in [0.3, 0.4) is 0 Å². The van der Waals surface area contributed by atoms with Gasteiger partial charge in [0.15, 0.2) is 0 Å². The Bertz CT molecular complexity index is 988. The average molecular weight is 467 g/mol. The van der Waals surface area contributed by atoms with Crippen molar-refractivity contribution >= 4 is 18.0 Å². The molecule has 0 saturated carbocycles. The van der Waals surface area contributed by atoms with E-state index < -0.39 is 23.6 Å². The topological polar surface area (TPSA) is 105 Å². The summed E-state index contributed by atoms with van der Waals surface area (Å²) in [5, 5.41) is 14.7. The summed E-state index contributed by atoms with van der Waals surface area (Å²) in [6, 6.07) is 15.8. The van der Waals surface area contributed by atoms with Crippen molar-refractivity contribution in [1.29, 1.82) is 0 Å². The molecule has 1 aliphatic carbocycles. The smallest absolute Gasteiger partial charge is 0.407 e. The Morgan fingerprint density at radius 1 is 1.03 bits per heavy atom. The molecule has 0 unspecified atom stereocenters. The number of benzene rings is 2. The molecular weight excluding hydrogens is 432 g/mol. The van der Waals surface area contributed by atoms with Gasteiger partial charge in [-0.1, -0.05) is 68.3 Å². The molecule has 7 nitrogen and oxygen atoms in total. The number of amides is 2. The minimum atomic E-state index is -0.947. The standard InChI is InChI=1S/C27H34N2O5/c1-4-5-10-18(15-25(31)32)28-24(30)16-27(2,3)29-26(33)34-17-23-21-13-8-6-11-19(21)20-12-7-9-14-22(20)23/h6-9,11-14,18,23H,4-5,10,15-17H2,1-3H3,(H,28,30)(H,29,33)(H,31,32)/t18-/m1/s1. The van der Waals surface area contributed by atoms with E-state index in [1.807, 2.05) is 31.2 Å². The van der Waals surface area contributed by atoms with Gasteiger partial charge in [0, 0.05) is 23.9 Å². The van der Waals surface area contributed by atoms with Gasteiger partial charge in [-0.25, -0.2) is 4.79 Å². The highest BCUT2D eigenvalue weighted by Gasteiger charge is 2.30. The Labute approximate surface area is 200 Å². The van der Waals surface area contributed by atoms with Gasteiger partial charge in [-0.15, -0.1) is 0 Å². The van der Waals surface area contributed by atoms with Gasteiger partial charge in [0.1, 0.15) is 6.61 Å². The van der Waals surface area contributed by atoms with E-state index in [1.165, 1.54) is 0 Å². The van der Waals surface area contributed by atoms with Crippen molar-refractivity contribution in [2.45, 2.75) is 70.4 Å². The second-order valence-corrected chi connectivity index (χ2v) is 9.52. The highest BCUT2D eigenvalue weighted by Crippen LogP contribution is 2.44. The highest BCUT2D eigenvalue weighted by atomic mass is 16.5. The Morgan fingerprint density at radius 3 is 2.18 bits per heavy atom. The Hall–Kier alpha value is -3.35. The van der Waals surface area contributed by atoms with Crippen LogP contribution in [0.15, 0.2) is 48.5 Å². The number of unbranched alkanes of at least 4 members (excludes halogenated alkanes) is 1. The molecule has 7 heteroatoms. The molecule has 0 spiro atoms. The number of fused-ring (bicyclic) bond motifs is 3. The van der Waals surface area contributed by atoms with Crippen molar-refractivity contribution in [2.75, 3.05) is 6.61 Å². The lowest BCUT2D eigenvalue weighted by Crippen LogP contribution is -2.48. The average Bonchev–Trinajstić information content (AvgIpc) is 3.08. The first-order valence-electron chi connectivity index (χ1n) is 11.8. The maximum Gasteiger partial charge on any atom is 0.407 e. The van der Waals surface area contributed by atoms with Crippen LogP contribution in [0.5, 0.6) is 0 Å². The Balaban J connectivity index is 1.55. The summed E-state index contributed by atoms with van der Waals surface area (Å²) in [7, 11) is 0. The van der Waals surface area contributed by atoms with Crippen LogP contribution >= 0.6 is 0 Å². The molecule has 182 valence electrons. The lowest BCUT2D eigenvalue weighted by Gasteiger charge is -2.27. The van der Waals surface area contributed by atoms with E-state index in [1.54, 1.807) is 13.8 Å². The van der Waals surface area contributed by atoms with Gasteiger partial charge >= 0.3 is 12.1 Å². The highest BCUT2D eigenvalue weighted by molar-refractivity contribution is 5.80. The third kappa shape index (κ3) is 6.59. The second kappa shape index (κ2) is 11.2. The third-order valence-corrected chi connectivity index (χ3v) is 6.08. The number of carboxylic acids is 1. The predicted molar refractivity (Wildman–Crippen MR) is 131 cm³/mol. The van der Waals surface area contributed by atoms with Crippen molar-refractivity contribution in [1.82, 2.24) is 10.6 Å². The van der Waals surface area contributed by atoms with Crippen LogP contribution < -0.4 is 10.6 Å². The molecule has 0 bridgehead atoms. The fraction of sp³-hybridized carbons (Fsp3) is 0.444. The van der Waals surface area contributed by atoms with Crippen LogP contribution in [0, 0.1) is 0 Å². The van der Waals surface area contributed by atoms with Gasteiger partial charge in [-0.3, -0.25) is 9.59 Å². The van der Waals surface area contributed by atoms with Gasteiger partial charge in [-0.2, -0.15) is 0 Å². The lowest BCUT2D eigenvalue weighted by molar-refractivity contribution is -0.137. The number of carbonyl (C=O) groups excluding carboxylic acids is 2. The summed E-state index contributed by atoms with van der Waals surface area (Å²) in [6.07, 6.45) is 1.66.